The number of rotatable bonds is 10. The van der Waals surface area contributed by atoms with E-state index in [2.05, 4.69) is 31.9 Å². The van der Waals surface area contributed by atoms with Crippen LogP contribution in [-0.2, 0) is 19.1 Å². The molecule has 0 saturated carbocycles. The first-order chi connectivity index (χ1) is 15.3. The molecule has 0 fully saturated rings. The lowest BCUT2D eigenvalue weighted by Crippen LogP contribution is -2.46. The number of carbonyl (C=O) groups excluding carboxylic acids is 4. The van der Waals surface area contributed by atoms with Crippen LogP contribution in [0.4, 0.5) is 0 Å². The van der Waals surface area contributed by atoms with Gasteiger partial charge in [0.2, 0.25) is 11.8 Å². The normalized spacial score (nSPS) is 12.2. The Morgan fingerprint density at radius 2 is 1.62 bits per heavy atom. The summed E-state index contributed by atoms with van der Waals surface area (Å²) in [6.07, 6.45) is -0.0911. The van der Waals surface area contributed by atoms with Gasteiger partial charge >= 0.3 is 5.97 Å². The van der Waals surface area contributed by atoms with Gasteiger partial charge in [0.15, 0.2) is 0 Å². The van der Waals surface area contributed by atoms with Crippen LogP contribution in [0.5, 0.6) is 0 Å². The van der Waals surface area contributed by atoms with E-state index in [1.807, 2.05) is 0 Å². The molecule has 2 rings (SSSR count). The quantitative estimate of drug-likeness (QED) is 0.431. The average Bonchev–Trinajstić information content (AvgIpc) is 2.78. The molecule has 0 heterocycles. The van der Waals surface area contributed by atoms with Crippen LogP contribution < -0.4 is 16.0 Å². The second-order valence-corrected chi connectivity index (χ2v) is 7.88. The number of carbonyl (C=O) groups is 4. The average molecular weight is 504 g/mol. The van der Waals surface area contributed by atoms with Crippen molar-refractivity contribution in [3.63, 3.8) is 0 Å². The van der Waals surface area contributed by atoms with Gasteiger partial charge in [-0.3, -0.25) is 19.2 Å². The topological polar surface area (TPSA) is 114 Å². The first-order valence-corrected chi connectivity index (χ1v) is 10.9. The zero-order valence-electron chi connectivity index (χ0n) is 17.9. The van der Waals surface area contributed by atoms with Crippen LogP contribution in [-0.4, -0.2) is 42.9 Å². The van der Waals surface area contributed by atoms with E-state index in [9.17, 15) is 19.2 Å². The van der Waals surface area contributed by atoms with E-state index in [-0.39, 0.29) is 25.5 Å². The minimum Gasteiger partial charge on any atom is -0.465 e. The summed E-state index contributed by atoms with van der Waals surface area (Å²) < 4.78 is 5.64. The second-order valence-electron chi connectivity index (χ2n) is 6.96. The van der Waals surface area contributed by atoms with Gasteiger partial charge in [-0.2, -0.15) is 0 Å². The highest BCUT2D eigenvalue weighted by Crippen LogP contribution is 2.20. The molecule has 0 aliphatic rings. The molecule has 0 aliphatic heterocycles. The Balaban J connectivity index is 2.04. The highest BCUT2D eigenvalue weighted by molar-refractivity contribution is 9.10. The van der Waals surface area contributed by atoms with E-state index in [0.717, 1.165) is 4.47 Å². The molecule has 0 aromatic heterocycles. The summed E-state index contributed by atoms with van der Waals surface area (Å²) in [4.78, 5) is 48.9. The molecule has 0 unspecified atom stereocenters. The van der Waals surface area contributed by atoms with Crippen molar-refractivity contribution in [2.75, 3.05) is 13.2 Å². The Labute approximate surface area is 195 Å². The summed E-state index contributed by atoms with van der Waals surface area (Å²) in [7, 11) is 0. The lowest BCUT2D eigenvalue weighted by molar-refractivity contribution is -0.143. The highest BCUT2D eigenvalue weighted by Gasteiger charge is 2.23. The van der Waals surface area contributed by atoms with Crippen molar-refractivity contribution in [1.82, 2.24) is 16.0 Å². The number of esters is 1. The van der Waals surface area contributed by atoms with E-state index in [1.165, 1.54) is 0 Å². The standard InChI is InChI=1S/C23H26BrN3O5/c1-3-32-21(29)14-25-20(28)13-19(16-9-11-18(24)12-10-16)27-22(30)15(2)26-23(31)17-7-5-4-6-8-17/h4-12,15,19H,3,13-14H2,1-2H3,(H,25,28)(H,26,31)(H,27,30)/t15-,19-/m0/s1. The third kappa shape index (κ3) is 8.14. The second kappa shape index (κ2) is 12.6. The molecule has 32 heavy (non-hydrogen) atoms. The van der Waals surface area contributed by atoms with Crippen LogP contribution in [0.3, 0.4) is 0 Å². The van der Waals surface area contributed by atoms with Crippen LogP contribution in [0.1, 0.15) is 42.2 Å². The highest BCUT2D eigenvalue weighted by atomic mass is 79.9. The molecule has 0 aliphatic carbocycles. The van der Waals surface area contributed by atoms with Crippen LogP contribution >= 0.6 is 15.9 Å². The molecule has 8 nitrogen and oxygen atoms in total. The largest absolute Gasteiger partial charge is 0.465 e. The summed E-state index contributed by atoms with van der Waals surface area (Å²) >= 11 is 3.36. The molecule has 2 aromatic carbocycles. The molecule has 9 heteroatoms. The Hall–Kier alpha value is -3.20. The molecular formula is C23H26BrN3O5. The SMILES string of the molecule is CCOC(=O)CNC(=O)C[C@H](NC(=O)[C@H](C)NC(=O)c1ccccc1)c1ccc(Br)cc1. The van der Waals surface area contributed by atoms with Crippen molar-refractivity contribution in [1.29, 1.82) is 0 Å². The molecule has 0 spiro atoms. The molecule has 170 valence electrons. The summed E-state index contributed by atoms with van der Waals surface area (Å²) in [6.45, 7) is 3.21. The lowest BCUT2D eigenvalue weighted by Gasteiger charge is -2.22. The van der Waals surface area contributed by atoms with E-state index in [0.29, 0.717) is 11.1 Å². The zero-order chi connectivity index (χ0) is 23.5. The number of halogens is 1. The Kier molecular flexibility index (Phi) is 9.87. The van der Waals surface area contributed by atoms with Crippen LogP contribution in [0.15, 0.2) is 59.1 Å². The van der Waals surface area contributed by atoms with Crippen molar-refractivity contribution in [3.05, 3.63) is 70.2 Å². The number of ether oxygens (including phenoxy) is 1. The third-order valence-corrected chi connectivity index (χ3v) is 5.02. The summed E-state index contributed by atoms with van der Waals surface area (Å²) in [5.41, 5.74) is 1.14. The first kappa shape index (κ1) is 25.1. The van der Waals surface area contributed by atoms with Crippen LogP contribution in [0.25, 0.3) is 0 Å². The predicted molar refractivity (Wildman–Crippen MR) is 123 cm³/mol. The fourth-order valence-corrected chi connectivity index (χ4v) is 3.08. The molecular weight excluding hydrogens is 478 g/mol. The number of hydrogen-bond acceptors (Lipinski definition) is 5. The lowest BCUT2D eigenvalue weighted by atomic mass is 10.0. The van der Waals surface area contributed by atoms with Gasteiger partial charge in [0.05, 0.1) is 19.1 Å². The van der Waals surface area contributed by atoms with Crippen molar-refractivity contribution in [3.8, 4) is 0 Å². The maximum atomic E-state index is 12.8. The van der Waals surface area contributed by atoms with Gasteiger partial charge in [-0.25, -0.2) is 0 Å². The minimum absolute atomic E-state index is 0.0911. The number of amides is 3. The maximum absolute atomic E-state index is 12.8. The van der Waals surface area contributed by atoms with Crippen molar-refractivity contribution in [2.45, 2.75) is 32.4 Å². The van der Waals surface area contributed by atoms with E-state index < -0.39 is 29.9 Å². The molecule has 2 aromatic rings. The molecule has 3 N–H and O–H groups in total. The van der Waals surface area contributed by atoms with Gasteiger partial charge in [0.1, 0.15) is 12.6 Å². The van der Waals surface area contributed by atoms with E-state index in [1.54, 1.807) is 68.4 Å². The van der Waals surface area contributed by atoms with Crippen molar-refractivity contribution < 1.29 is 23.9 Å². The zero-order valence-corrected chi connectivity index (χ0v) is 19.5. The molecule has 0 saturated heterocycles. The van der Waals surface area contributed by atoms with Gasteiger partial charge in [-0.15, -0.1) is 0 Å². The Morgan fingerprint density at radius 1 is 0.969 bits per heavy atom. The van der Waals surface area contributed by atoms with Gasteiger partial charge < -0.3 is 20.7 Å². The summed E-state index contributed by atoms with van der Waals surface area (Å²) in [5, 5.41) is 7.95. The molecule has 0 radical (unpaired) electrons. The van der Waals surface area contributed by atoms with Gasteiger partial charge in [0.25, 0.3) is 5.91 Å². The van der Waals surface area contributed by atoms with Gasteiger partial charge in [-0.05, 0) is 43.7 Å². The number of nitrogens with one attached hydrogen (secondary N) is 3. The maximum Gasteiger partial charge on any atom is 0.325 e. The van der Waals surface area contributed by atoms with Crippen molar-refractivity contribution in [2.24, 2.45) is 0 Å². The van der Waals surface area contributed by atoms with Crippen LogP contribution in [0, 0.1) is 0 Å². The predicted octanol–water partition coefficient (Wildman–Crippen LogP) is 2.49. The minimum atomic E-state index is -0.830. The molecule has 2 atom stereocenters. The van der Waals surface area contributed by atoms with Gasteiger partial charge in [0, 0.05) is 10.0 Å². The smallest absolute Gasteiger partial charge is 0.325 e. The molecule has 3 amide bonds. The Bertz CT molecular complexity index is 934. The van der Waals surface area contributed by atoms with Crippen LogP contribution in [0.2, 0.25) is 0 Å². The fraction of sp³-hybridized carbons (Fsp3) is 0.304. The van der Waals surface area contributed by atoms with E-state index in [4.69, 9.17) is 4.74 Å². The van der Waals surface area contributed by atoms with E-state index >= 15 is 0 Å². The van der Waals surface area contributed by atoms with Crippen molar-refractivity contribution >= 4 is 39.6 Å². The number of benzene rings is 2. The monoisotopic (exact) mass is 503 g/mol. The molecule has 0 bridgehead atoms. The summed E-state index contributed by atoms with van der Waals surface area (Å²) in [6, 6.07) is 14.2. The summed E-state index contributed by atoms with van der Waals surface area (Å²) in [5.74, 6) is -1.78. The third-order valence-electron chi connectivity index (χ3n) is 4.49. The first-order valence-electron chi connectivity index (χ1n) is 10.1. The fourth-order valence-electron chi connectivity index (χ4n) is 2.82. The Morgan fingerprint density at radius 3 is 2.25 bits per heavy atom. The van der Waals surface area contributed by atoms with Gasteiger partial charge in [-0.1, -0.05) is 46.3 Å². The number of hydrogen-bond donors (Lipinski definition) is 3.